The van der Waals surface area contributed by atoms with E-state index in [2.05, 4.69) is 23.7 Å². The van der Waals surface area contributed by atoms with Crippen molar-refractivity contribution in [1.82, 2.24) is 9.88 Å². The van der Waals surface area contributed by atoms with Crippen molar-refractivity contribution in [1.29, 1.82) is 0 Å². The SMILES string of the molecule is CC(C)CCC(=O)N1CCN(c2ccc([N+](=O)[O-])c3cnccc23)CC1. The van der Waals surface area contributed by atoms with Gasteiger partial charge in [-0.15, -0.1) is 0 Å². The van der Waals surface area contributed by atoms with E-state index in [-0.39, 0.29) is 16.5 Å². The second kappa shape index (κ2) is 7.68. The summed E-state index contributed by atoms with van der Waals surface area (Å²) in [5.41, 5.74) is 1.03. The molecule has 3 rings (SSSR count). The van der Waals surface area contributed by atoms with Gasteiger partial charge in [-0.1, -0.05) is 13.8 Å². The summed E-state index contributed by atoms with van der Waals surface area (Å²) in [6, 6.07) is 5.16. The molecule has 0 spiro atoms. The number of aromatic nitrogens is 1. The standard InChI is InChI=1S/C19H24N4O3/c1-14(2)3-6-19(24)22-11-9-21(10-12-22)17-4-5-18(23(25)26)16-13-20-8-7-15(16)17/h4-5,7-8,13-14H,3,6,9-12H2,1-2H3. The molecule has 138 valence electrons. The molecule has 1 aliphatic rings. The average Bonchev–Trinajstić information content (AvgIpc) is 2.65. The summed E-state index contributed by atoms with van der Waals surface area (Å²) in [5, 5.41) is 12.6. The van der Waals surface area contributed by atoms with Crippen LogP contribution >= 0.6 is 0 Å². The van der Waals surface area contributed by atoms with E-state index in [4.69, 9.17) is 0 Å². The fraction of sp³-hybridized carbons (Fsp3) is 0.474. The number of pyridine rings is 1. The Bertz CT molecular complexity index is 814. The summed E-state index contributed by atoms with van der Waals surface area (Å²) < 4.78 is 0. The molecule has 7 nitrogen and oxygen atoms in total. The smallest absolute Gasteiger partial charge is 0.278 e. The Morgan fingerprint density at radius 1 is 1.19 bits per heavy atom. The average molecular weight is 356 g/mol. The number of anilines is 1. The highest BCUT2D eigenvalue weighted by Crippen LogP contribution is 2.33. The van der Waals surface area contributed by atoms with Crippen molar-refractivity contribution in [2.24, 2.45) is 5.92 Å². The maximum atomic E-state index is 12.3. The molecule has 1 aromatic carbocycles. The first kappa shape index (κ1) is 18.1. The molecule has 1 fully saturated rings. The molecule has 0 aliphatic carbocycles. The van der Waals surface area contributed by atoms with Crippen molar-refractivity contribution in [3.63, 3.8) is 0 Å². The first-order chi connectivity index (χ1) is 12.5. The summed E-state index contributed by atoms with van der Waals surface area (Å²) in [5.74, 6) is 0.747. The molecule has 0 unspecified atom stereocenters. The largest absolute Gasteiger partial charge is 0.367 e. The highest BCUT2D eigenvalue weighted by molar-refractivity contribution is 5.99. The predicted octanol–water partition coefficient (Wildman–Crippen LogP) is 3.23. The second-order valence-electron chi connectivity index (χ2n) is 7.08. The number of nitro groups is 1. The number of hydrogen-bond donors (Lipinski definition) is 0. The fourth-order valence-corrected chi connectivity index (χ4v) is 3.36. The zero-order chi connectivity index (χ0) is 18.7. The molecule has 26 heavy (non-hydrogen) atoms. The number of benzene rings is 1. The fourth-order valence-electron chi connectivity index (χ4n) is 3.36. The topological polar surface area (TPSA) is 79.6 Å². The molecule has 1 aromatic heterocycles. The predicted molar refractivity (Wildman–Crippen MR) is 101 cm³/mol. The first-order valence-electron chi connectivity index (χ1n) is 9.01. The van der Waals surface area contributed by atoms with Crippen LogP contribution in [0, 0.1) is 16.0 Å². The van der Waals surface area contributed by atoms with Crippen molar-refractivity contribution in [2.45, 2.75) is 26.7 Å². The number of carbonyl (C=O) groups excluding carboxylic acids is 1. The Morgan fingerprint density at radius 2 is 1.92 bits per heavy atom. The van der Waals surface area contributed by atoms with E-state index in [0.29, 0.717) is 30.8 Å². The summed E-state index contributed by atoms with van der Waals surface area (Å²) in [6.45, 7) is 7.06. The molecule has 1 aliphatic heterocycles. The lowest BCUT2D eigenvalue weighted by Crippen LogP contribution is -2.48. The molecule has 1 amide bonds. The molecular weight excluding hydrogens is 332 g/mol. The molecule has 0 radical (unpaired) electrons. The highest BCUT2D eigenvalue weighted by atomic mass is 16.6. The molecule has 0 saturated carbocycles. The van der Waals surface area contributed by atoms with Gasteiger partial charge >= 0.3 is 0 Å². The van der Waals surface area contributed by atoms with Gasteiger partial charge in [0.15, 0.2) is 0 Å². The van der Waals surface area contributed by atoms with Gasteiger partial charge in [-0.3, -0.25) is 19.9 Å². The van der Waals surface area contributed by atoms with Crippen LogP contribution in [0.2, 0.25) is 0 Å². The van der Waals surface area contributed by atoms with Crippen molar-refractivity contribution in [2.75, 3.05) is 31.1 Å². The lowest BCUT2D eigenvalue weighted by molar-refractivity contribution is -0.383. The van der Waals surface area contributed by atoms with Crippen LogP contribution in [0.5, 0.6) is 0 Å². The molecule has 7 heteroatoms. The number of nitrogens with zero attached hydrogens (tertiary/aromatic N) is 4. The third-order valence-corrected chi connectivity index (χ3v) is 4.88. The molecule has 1 saturated heterocycles. The number of fused-ring (bicyclic) bond motifs is 1. The van der Waals surface area contributed by atoms with Crippen LogP contribution in [-0.4, -0.2) is 46.9 Å². The van der Waals surface area contributed by atoms with E-state index in [0.717, 1.165) is 30.6 Å². The maximum absolute atomic E-state index is 12.3. The van der Waals surface area contributed by atoms with Gasteiger partial charge in [0.2, 0.25) is 5.91 Å². The second-order valence-corrected chi connectivity index (χ2v) is 7.08. The van der Waals surface area contributed by atoms with Crippen LogP contribution in [0.4, 0.5) is 11.4 Å². The quantitative estimate of drug-likeness (QED) is 0.607. The third-order valence-electron chi connectivity index (χ3n) is 4.88. The highest BCUT2D eigenvalue weighted by Gasteiger charge is 2.23. The lowest BCUT2D eigenvalue weighted by Gasteiger charge is -2.36. The number of carbonyl (C=O) groups is 1. The number of nitro benzene ring substituents is 1. The summed E-state index contributed by atoms with van der Waals surface area (Å²) in [4.78, 5) is 31.3. The van der Waals surface area contributed by atoms with Gasteiger partial charge in [0, 0.05) is 62.1 Å². The minimum atomic E-state index is -0.376. The molecule has 0 bridgehead atoms. The van der Waals surface area contributed by atoms with Gasteiger partial charge in [0.25, 0.3) is 5.69 Å². The van der Waals surface area contributed by atoms with E-state index < -0.39 is 0 Å². The van der Waals surface area contributed by atoms with E-state index in [9.17, 15) is 14.9 Å². The normalized spacial score (nSPS) is 14.9. The maximum Gasteiger partial charge on any atom is 0.278 e. The third kappa shape index (κ3) is 3.76. The summed E-state index contributed by atoms with van der Waals surface area (Å²) in [7, 11) is 0. The van der Waals surface area contributed by atoms with Gasteiger partial charge in [-0.25, -0.2) is 0 Å². The van der Waals surface area contributed by atoms with Crippen LogP contribution in [0.15, 0.2) is 30.6 Å². The lowest BCUT2D eigenvalue weighted by atomic mass is 10.1. The number of piperazine rings is 1. The Balaban J connectivity index is 1.75. The molecule has 2 heterocycles. The zero-order valence-electron chi connectivity index (χ0n) is 15.2. The number of amides is 1. The van der Waals surface area contributed by atoms with Gasteiger partial charge in [-0.05, 0) is 24.5 Å². The molecular formula is C19H24N4O3. The van der Waals surface area contributed by atoms with E-state index in [1.807, 2.05) is 11.0 Å². The van der Waals surface area contributed by atoms with Crippen LogP contribution < -0.4 is 4.90 Å². The van der Waals surface area contributed by atoms with Gasteiger partial charge in [0.1, 0.15) is 0 Å². The van der Waals surface area contributed by atoms with Crippen LogP contribution in [0.1, 0.15) is 26.7 Å². The van der Waals surface area contributed by atoms with Crippen LogP contribution in [0.3, 0.4) is 0 Å². The minimum Gasteiger partial charge on any atom is -0.367 e. The monoisotopic (exact) mass is 356 g/mol. The van der Waals surface area contributed by atoms with Crippen molar-refractivity contribution in [3.8, 4) is 0 Å². The Morgan fingerprint density at radius 3 is 2.58 bits per heavy atom. The van der Waals surface area contributed by atoms with Crippen molar-refractivity contribution < 1.29 is 9.72 Å². The van der Waals surface area contributed by atoms with Crippen LogP contribution in [-0.2, 0) is 4.79 Å². The molecule has 0 N–H and O–H groups in total. The van der Waals surface area contributed by atoms with Crippen molar-refractivity contribution in [3.05, 3.63) is 40.7 Å². The van der Waals surface area contributed by atoms with E-state index >= 15 is 0 Å². The Labute approximate surface area is 152 Å². The summed E-state index contributed by atoms with van der Waals surface area (Å²) in [6.07, 6.45) is 4.72. The van der Waals surface area contributed by atoms with Crippen molar-refractivity contribution >= 4 is 28.1 Å². The van der Waals surface area contributed by atoms with Gasteiger partial charge in [0.05, 0.1) is 10.3 Å². The number of rotatable bonds is 5. The Kier molecular flexibility index (Phi) is 5.35. The van der Waals surface area contributed by atoms with E-state index in [1.165, 1.54) is 0 Å². The van der Waals surface area contributed by atoms with Gasteiger partial charge in [-0.2, -0.15) is 0 Å². The van der Waals surface area contributed by atoms with Crippen LogP contribution in [0.25, 0.3) is 10.8 Å². The number of non-ortho nitro benzene ring substituents is 1. The Hall–Kier alpha value is -2.70. The summed E-state index contributed by atoms with van der Waals surface area (Å²) >= 11 is 0. The molecule has 2 aromatic rings. The van der Waals surface area contributed by atoms with E-state index in [1.54, 1.807) is 24.5 Å². The number of hydrogen-bond acceptors (Lipinski definition) is 5. The minimum absolute atomic E-state index is 0.0688. The van der Waals surface area contributed by atoms with Gasteiger partial charge < -0.3 is 9.80 Å². The first-order valence-corrected chi connectivity index (χ1v) is 9.01. The zero-order valence-corrected chi connectivity index (χ0v) is 15.2. The molecule has 0 atom stereocenters.